The maximum Gasteiger partial charge on any atom is 0.251 e. The fraction of sp³-hybridized carbons (Fsp3) is 0.417. The summed E-state index contributed by atoms with van der Waals surface area (Å²) in [5.41, 5.74) is 8.71. The van der Waals surface area contributed by atoms with Crippen molar-refractivity contribution in [1.29, 1.82) is 0 Å². The molecule has 1 aromatic rings. The molecule has 2 rings (SSSR count). The maximum absolute atomic E-state index is 11.8. The minimum atomic E-state index is 0.0402. The van der Waals surface area contributed by atoms with Crippen LogP contribution >= 0.6 is 0 Å². The first-order valence-corrected chi connectivity index (χ1v) is 5.32. The molecule has 1 heterocycles. The average Bonchev–Trinajstić information content (AvgIpc) is 2.20. The molecule has 3 heteroatoms. The van der Waals surface area contributed by atoms with Crippen LogP contribution in [0.25, 0.3) is 0 Å². The van der Waals surface area contributed by atoms with Crippen LogP contribution in [0.4, 0.5) is 0 Å². The van der Waals surface area contributed by atoms with Crippen molar-refractivity contribution in [2.24, 2.45) is 5.73 Å². The van der Waals surface area contributed by atoms with Gasteiger partial charge >= 0.3 is 0 Å². The molecule has 0 saturated heterocycles. The van der Waals surface area contributed by atoms with E-state index in [2.05, 4.69) is 18.3 Å². The Hall–Kier alpha value is -1.35. The van der Waals surface area contributed by atoms with Gasteiger partial charge in [0.05, 0.1) is 0 Å². The summed E-state index contributed by atoms with van der Waals surface area (Å²) in [7, 11) is 0. The summed E-state index contributed by atoms with van der Waals surface area (Å²) in [5, 5.41) is 2.98. The lowest BCUT2D eigenvalue weighted by atomic mass is 9.90. The molecule has 15 heavy (non-hydrogen) atoms. The topological polar surface area (TPSA) is 55.1 Å². The Morgan fingerprint density at radius 3 is 3.07 bits per heavy atom. The number of fused-ring (bicyclic) bond motifs is 1. The highest BCUT2D eigenvalue weighted by atomic mass is 16.1. The first kappa shape index (κ1) is 10.2. The smallest absolute Gasteiger partial charge is 0.251 e. The number of hydrogen-bond donors (Lipinski definition) is 2. The second-order valence-corrected chi connectivity index (χ2v) is 4.05. The van der Waals surface area contributed by atoms with Gasteiger partial charge in [-0.2, -0.15) is 0 Å². The molecule has 1 unspecified atom stereocenters. The fourth-order valence-electron chi connectivity index (χ4n) is 2.12. The van der Waals surface area contributed by atoms with Gasteiger partial charge in [-0.15, -0.1) is 0 Å². The number of carbonyl (C=O) groups is 1. The van der Waals surface area contributed by atoms with Gasteiger partial charge in [0, 0.05) is 11.6 Å². The van der Waals surface area contributed by atoms with Gasteiger partial charge in [-0.3, -0.25) is 4.79 Å². The van der Waals surface area contributed by atoms with Crippen LogP contribution in [0, 0.1) is 6.92 Å². The molecule has 1 atom stereocenters. The third-order valence-electron chi connectivity index (χ3n) is 2.96. The van der Waals surface area contributed by atoms with E-state index in [0.717, 1.165) is 18.4 Å². The zero-order valence-electron chi connectivity index (χ0n) is 8.92. The van der Waals surface area contributed by atoms with E-state index in [1.807, 2.05) is 12.1 Å². The summed E-state index contributed by atoms with van der Waals surface area (Å²) in [6.45, 7) is 2.67. The molecule has 0 aliphatic carbocycles. The molecular formula is C12H16N2O. The monoisotopic (exact) mass is 204 g/mol. The molecule has 1 aliphatic heterocycles. The predicted octanol–water partition coefficient (Wildman–Crippen LogP) is 0.998. The highest BCUT2D eigenvalue weighted by molar-refractivity contribution is 5.97. The molecule has 0 fully saturated rings. The van der Waals surface area contributed by atoms with Crippen LogP contribution in [0.15, 0.2) is 18.2 Å². The van der Waals surface area contributed by atoms with Crippen molar-refractivity contribution in [2.75, 3.05) is 6.54 Å². The number of nitrogens with one attached hydrogen (secondary N) is 1. The van der Waals surface area contributed by atoms with E-state index in [0.29, 0.717) is 6.54 Å². The summed E-state index contributed by atoms with van der Waals surface area (Å²) in [6, 6.07) is 6.07. The Labute approximate surface area is 89.7 Å². The SMILES string of the molecule is Cc1cccc2c1CC(CCN)NC2=O. The molecule has 80 valence electrons. The van der Waals surface area contributed by atoms with E-state index >= 15 is 0 Å². The van der Waals surface area contributed by atoms with E-state index in [4.69, 9.17) is 5.73 Å². The molecule has 1 aromatic carbocycles. The van der Waals surface area contributed by atoms with Crippen molar-refractivity contribution in [2.45, 2.75) is 25.8 Å². The zero-order valence-corrected chi connectivity index (χ0v) is 8.92. The minimum Gasteiger partial charge on any atom is -0.349 e. The largest absolute Gasteiger partial charge is 0.349 e. The lowest BCUT2D eigenvalue weighted by Gasteiger charge is -2.26. The second kappa shape index (κ2) is 4.03. The second-order valence-electron chi connectivity index (χ2n) is 4.05. The number of aryl methyl sites for hydroxylation is 1. The third-order valence-corrected chi connectivity index (χ3v) is 2.96. The number of nitrogens with two attached hydrogens (primary N) is 1. The van der Waals surface area contributed by atoms with Crippen LogP contribution in [0.3, 0.4) is 0 Å². The summed E-state index contributed by atoms with van der Waals surface area (Å²) in [6.07, 6.45) is 1.75. The maximum atomic E-state index is 11.8. The normalized spacial score (nSPS) is 19.6. The van der Waals surface area contributed by atoms with Crippen molar-refractivity contribution >= 4 is 5.91 Å². The Balaban J connectivity index is 2.33. The van der Waals surface area contributed by atoms with Gasteiger partial charge in [-0.1, -0.05) is 12.1 Å². The van der Waals surface area contributed by atoms with Crippen LogP contribution in [-0.4, -0.2) is 18.5 Å². The van der Waals surface area contributed by atoms with E-state index in [9.17, 15) is 4.79 Å². The molecule has 3 nitrogen and oxygen atoms in total. The molecule has 1 amide bonds. The summed E-state index contributed by atoms with van der Waals surface area (Å²) >= 11 is 0. The number of carbonyl (C=O) groups excluding carboxylic acids is 1. The number of rotatable bonds is 2. The third kappa shape index (κ3) is 1.88. The summed E-state index contributed by atoms with van der Waals surface area (Å²) in [4.78, 5) is 11.8. The van der Waals surface area contributed by atoms with Crippen molar-refractivity contribution in [3.63, 3.8) is 0 Å². The van der Waals surface area contributed by atoms with Crippen LogP contribution in [0.5, 0.6) is 0 Å². The number of benzene rings is 1. The first-order valence-electron chi connectivity index (χ1n) is 5.32. The van der Waals surface area contributed by atoms with Gasteiger partial charge in [0.15, 0.2) is 0 Å². The molecular weight excluding hydrogens is 188 g/mol. The Morgan fingerprint density at radius 1 is 1.53 bits per heavy atom. The van der Waals surface area contributed by atoms with Gasteiger partial charge in [0.1, 0.15) is 0 Å². The van der Waals surface area contributed by atoms with Crippen molar-refractivity contribution in [1.82, 2.24) is 5.32 Å². The van der Waals surface area contributed by atoms with E-state index in [-0.39, 0.29) is 11.9 Å². The van der Waals surface area contributed by atoms with Crippen LogP contribution in [-0.2, 0) is 6.42 Å². The van der Waals surface area contributed by atoms with Crippen molar-refractivity contribution < 1.29 is 4.79 Å². The highest BCUT2D eigenvalue weighted by Gasteiger charge is 2.24. The van der Waals surface area contributed by atoms with E-state index in [1.54, 1.807) is 0 Å². The molecule has 0 spiro atoms. The molecule has 0 aromatic heterocycles. The molecule has 0 bridgehead atoms. The minimum absolute atomic E-state index is 0.0402. The molecule has 0 radical (unpaired) electrons. The first-order chi connectivity index (χ1) is 7.22. The van der Waals surface area contributed by atoms with Gasteiger partial charge in [-0.05, 0) is 43.5 Å². The Bertz CT molecular complexity index is 387. The van der Waals surface area contributed by atoms with Crippen molar-refractivity contribution in [3.8, 4) is 0 Å². The van der Waals surface area contributed by atoms with Crippen LogP contribution < -0.4 is 11.1 Å². The summed E-state index contributed by atoms with van der Waals surface area (Å²) in [5.74, 6) is 0.0402. The Morgan fingerprint density at radius 2 is 2.33 bits per heavy atom. The van der Waals surface area contributed by atoms with Crippen LogP contribution in [0.2, 0.25) is 0 Å². The lowest BCUT2D eigenvalue weighted by Crippen LogP contribution is -2.42. The van der Waals surface area contributed by atoms with Crippen molar-refractivity contribution in [3.05, 3.63) is 34.9 Å². The number of amides is 1. The molecule has 0 saturated carbocycles. The quantitative estimate of drug-likeness (QED) is 0.755. The highest BCUT2D eigenvalue weighted by Crippen LogP contribution is 2.21. The van der Waals surface area contributed by atoms with Gasteiger partial charge in [-0.25, -0.2) is 0 Å². The fourth-order valence-corrected chi connectivity index (χ4v) is 2.12. The standard InChI is InChI=1S/C12H16N2O/c1-8-3-2-4-10-11(8)7-9(5-6-13)14-12(10)15/h2-4,9H,5-7,13H2,1H3,(H,14,15). The van der Waals surface area contributed by atoms with E-state index < -0.39 is 0 Å². The van der Waals surface area contributed by atoms with Gasteiger partial charge in [0.25, 0.3) is 5.91 Å². The molecule has 1 aliphatic rings. The Kier molecular flexibility index (Phi) is 2.73. The predicted molar refractivity (Wildman–Crippen MR) is 59.8 cm³/mol. The lowest BCUT2D eigenvalue weighted by molar-refractivity contribution is 0.0923. The van der Waals surface area contributed by atoms with Crippen LogP contribution in [0.1, 0.15) is 27.9 Å². The summed E-state index contributed by atoms with van der Waals surface area (Å²) < 4.78 is 0. The van der Waals surface area contributed by atoms with Gasteiger partial charge in [0.2, 0.25) is 0 Å². The zero-order chi connectivity index (χ0) is 10.8. The molecule has 3 N–H and O–H groups in total. The average molecular weight is 204 g/mol. The van der Waals surface area contributed by atoms with Gasteiger partial charge < -0.3 is 11.1 Å². The number of hydrogen-bond acceptors (Lipinski definition) is 2. The van der Waals surface area contributed by atoms with E-state index in [1.165, 1.54) is 11.1 Å².